The summed E-state index contributed by atoms with van der Waals surface area (Å²) in [6.45, 7) is 2.42. The highest BCUT2D eigenvalue weighted by atomic mass is 16.6. The van der Waals surface area contributed by atoms with Crippen molar-refractivity contribution in [3.05, 3.63) is 33.9 Å². The number of carbonyl (C=O) groups is 1. The van der Waals surface area contributed by atoms with Crippen LogP contribution in [-0.2, 0) is 4.79 Å². The van der Waals surface area contributed by atoms with Crippen molar-refractivity contribution in [3.8, 4) is 0 Å². The first-order valence-electron chi connectivity index (χ1n) is 5.84. The lowest BCUT2D eigenvalue weighted by atomic mass is 10.1. The minimum atomic E-state index is -0.405. The number of aryl methyl sites for hydroxylation is 1. The molecular weight excluding hydrogens is 234 g/mol. The number of hydrogen-bond donors (Lipinski definition) is 2. The Labute approximate surface area is 105 Å². The number of anilines is 1. The van der Waals surface area contributed by atoms with E-state index in [0.717, 1.165) is 17.7 Å². The maximum Gasteiger partial charge on any atom is 0.269 e. The highest BCUT2D eigenvalue weighted by Gasteiger charge is 2.18. The molecule has 1 aliphatic rings. The molecule has 1 atom stereocenters. The van der Waals surface area contributed by atoms with Gasteiger partial charge in [0.05, 0.1) is 4.92 Å². The molecule has 0 aromatic heterocycles. The predicted molar refractivity (Wildman–Crippen MR) is 67.5 cm³/mol. The zero-order valence-corrected chi connectivity index (χ0v) is 10.1. The fraction of sp³-hybridized carbons (Fsp3) is 0.417. The third-order valence-corrected chi connectivity index (χ3v) is 3.05. The third kappa shape index (κ3) is 2.77. The van der Waals surface area contributed by atoms with E-state index in [-0.39, 0.29) is 17.6 Å². The van der Waals surface area contributed by atoms with Crippen molar-refractivity contribution in [2.75, 3.05) is 11.9 Å². The number of nitrogens with zero attached hydrogens (tertiary/aromatic N) is 1. The monoisotopic (exact) mass is 249 g/mol. The van der Waals surface area contributed by atoms with Crippen molar-refractivity contribution in [2.24, 2.45) is 0 Å². The van der Waals surface area contributed by atoms with Crippen LogP contribution in [0.15, 0.2) is 18.2 Å². The fourth-order valence-electron chi connectivity index (χ4n) is 2.00. The molecule has 6 heteroatoms. The summed E-state index contributed by atoms with van der Waals surface area (Å²) in [4.78, 5) is 21.3. The number of hydrogen-bond acceptors (Lipinski definition) is 4. The first kappa shape index (κ1) is 12.3. The van der Waals surface area contributed by atoms with Crippen LogP contribution in [0.4, 0.5) is 11.4 Å². The molecule has 1 aromatic rings. The highest BCUT2D eigenvalue weighted by molar-refractivity contribution is 5.77. The van der Waals surface area contributed by atoms with E-state index in [1.54, 1.807) is 12.1 Å². The molecular formula is C12H15N3O3. The minimum Gasteiger partial charge on any atom is -0.380 e. The van der Waals surface area contributed by atoms with Crippen LogP contribution in [0.1, 0.15) is 18.4 Å². The fourth-order valence-corrected chi connectivity index (χ4v) is 2.00. The number of nitrogens with one attached hydrogen (secondary N) is 2. The van der Waals surface area contributed by atoms with Crippen molar-refractivity contribution in [3.63, 3.8) is 0 Å². The molecule has 1 saturated heterocycles. The Morgan fingerprint density at radius 3 is 2.83 bits per heavy atom. The molecule has 2 rings (SSSR count). The molecule has 2 N–H and O–H groups in total. The van der Waals surface area contributed by atoms with Gasteiger partial charge in [0.1, 0.15) is 0 Å². The Hall–Kier alpha value is -2.11. The van der Waals surface area contributed by atoms with Crippen molar-refractivity contribution >= 4 is 17.3 Å². The van der Waals surface area contributed by atoms with Gasteiger partial charge in [-0.05, 0) is 25.0 Å². The molecule has 0 radical (unpaired) electrons. The molecule has 18 heavy (non-hydrogen) atoms. The molecule has 1 amide bonds. The van der Waals surface area contributed by atoms with Crippen LogP contribution in [0.3, 0.4) is 0 Å². The lowest BCUT2D eigenvalue weighted by Gasteiger charge is -2.25. The highest BCUT2D eigenvalue weighted by Crippen LogP contribution is 2.22. The molecule has 1 aliphatic heterocycles. The van der Waals surface area contributed by atoms with Gasteiger partial charge < -0.3 is 10.6 Å². The number of piperidine rings is 1. The Morgan fingerprint density at radius 1 is 1.50 bits per heavy atom. The maximum atomic E-state index is 11.0. The molecule has 0 spiro atoms. The molecule has 0 bridgehead atoms. The zero-order chi connectivity index (χ0) is 13.1. The third-order valence-electron chi connectivity index (χ3n) is 3.05. The number of nitro groups is 1. The van der Waals surface area contributed by atoms with Crippen LogP contribution in [0.5, 0.6) is 0 Å². The predicted octanol–water partition coefficient (Wildman–Crippen LogP) is 1.59. The number of non-ortho nitro benzene ring substituents is 1. The Kier molecular flexibility index (Phi) is 3.45. The van der Waals surface area contributed by atoms with E-state index in [4.69, 9.17) is 0 Å². The SMILES string of the molecule is Cc1cc([N+](=O)[O-])ccc1NC1CCC(=O)NC1. The number of nitro benzene ring substituents is 1. The maximum absolute atomic E-state index is 11.0. The summed E-state index contributed by atoms with van der Waals surface area (Å²) in [7, 11) is 0. The van der Waals surface area contributed by atoms with Gasteiger partial charge in [-0.1, -0.05) is 0 Å². The Morgan fingerprint density at radius 2 is 2.28 bits per heavy atom. The van der Waals surface area contributed by atoms with Gasteiger partial charge in [0.15, 0.2) is 0 Å². The summed E-state index contributed by atoms with van der Waals surface area (Å²) in [5, 5.41) is 16.7. The van der Waals surface area contributed by atoms with Crippen molar-refractivity contribution in [2.45, 2.75) is 25.8 Å². The van der Waals surface area contributed by atoms with E-state index in [9.17, 15) is 14.9 Å². The summed E-state index contributed by atoms with van der Waals surface area (Å²) in [5.41, 5.74) is 1.80. The second-order valence-electron chi connectivity index (χ2n) is 4.44. The van der Waals surface area contributed by atoms with Gasteiger partial charge in [-0.25, -0.2) is 0 Å². The summed E-state index contributed by atoms with van der Waals surface area (Å²) in [6, 6.07) is 4.92. The Balaban J connectivity index is 2.05. The molecule has 6 nitrogen and oxygen atoms in total. The lowest BCUT2D eigenvalue weighted by molar-refractivity contribution is -0.384. The largest absolute Gasteiger partial charge is 0.380 e. The van der Waals surface area contributed by atoms with Gasteiger partial charge in [-0.2, -0.15) is 0 Å². The molecule has 1 aromatic carbocycles. The standard InChI is InChI=1S/C12H15N3O3/c1-8-6-10(15(17)18)3-4-11(8)14-9-2-5-12(16)13-7-9/h3-4,6,9,14H,2,5,7H2,1H3,(H,13,16). The normalized spacial score (nSPS) is 19.2. The van der Waals surface area contributed by atoms with Crippen LogP contribution in [-0.4, -0.2) is 23.4 Å². The number of amides is 1. The molecule has 96 valence electrons. The second kappa shape index (κ2) is 5.03. The van der Waals surface area contributed by atoms with Gasteiger partial charge in [-0.3, -0.25) is 14.9 Å². The summed E-state index contributed by atoms with van der Waals surface area (Å²) in [6.07, 6.45) is 1.30. The summed E-state index contributed by atoms with van der Waals surface area (Å²) < 4.78 is 0. The number of benzene rings is 1. The van der Waals surface area contributed by atoms with Gasteiger partial charge in [-0.15, -0.1) is 0 Å². The van der Waals surface area contributed by atoms with E-state index < -0.39 is 4.92 Å². The van der Waals surface area contributed by atoms with Crippen molar-refractivity contribution < 1.29 is 9.72 Å². The molecule has 1 unspecified atom stereocenters. The van der Waals surface area contributed by atoms with E-state index in [1.165, 1.54) is 6.07 Å². The van der Waals surface area contributed by atoms with Crippen LogP contribution < -0.4 is 10.6 Å². The molecule has 0 aliphatic carbocycles. The first-order chi connectivity index (χ1) is 8.56. The average molecular weight is 249 g/mol. The van der Waals surface area contributed by atoms with E-state index >= 15 is 0 Å². The van der Waals surface area contributed by atoms with Crippen molar-refractivity contribution in [1.29, 1.82) is 0 Å². The topological polar surface area (TPSA) is 84.3 Å². The molecule has 1 fully saturated rings. The van der Waals surface area contributed by atoms with E-state index in [2.05, 4.69) is 10.6 Å². The van der Waals surface area contributed by atoms with Crippen LogP contribution >= 0.6 is 0 Å². The van der Waals surface area contributed by atoms with Gasteiger partial charge in [0.2, 0.25) is 5.91 Å². The van der Waals surface area contributed by atoms with E-state index in [1.807, 2.05) is 6.92 Å². The van der Waals surface area contributed by atoms with Gasteiger partial charge >= 0.3 is 0 Å². The summed E-state index contributed by atoms with van der Waals surface area (Å²) in [5.74, 6) is 0.0773. The zero-order valence-electron chi connectivity index (χ0n) is 10.1. The van der Waals surface area contributed by atoms with E-state index in [0.29, 0.717) is 13.0 Å². The first-order valence-corrected chi connectivity index (χ1v) is 5.84. The minimum absolute atomic E-state index is 0.0773. The second-order valence-corrected chi connectivity index (χ2v) is 4.44. The quantitative estimate of drug-likeness (QED) is 0.629. The molecule has 1 heterocycles. The average Bonchev–Trinajstić information content (AvgIpc) is 2.34. The molecule has 0 saturated carbocycles. The lowest BCUT2D eigenvalue weighted by Crippen LogP contribution is -2.41. The summed E-state index contributed by atoms with van der Waals surface area (Å²) >= 11 is 0. The van der Waals surface area contributed by atoms with Crippen molar-refractivity contribution in [1.82, 2.24) is 5.32 Å². The van der Waals surface area contributed by atoms with Crippen LogP contribution in [0.25, 0.3) is 0 Å². The van der Waals surface area contributed by atoms with Crippen LogP contribution in [0.2, 0.25) is 0 Å². The van der Waals surface area contributed by atoms with Gasteiger partial charge in [0.25, 0.3) is 5.69 Å². The van der Waals surface area contributed by atoms with Crippen LogP contribution in [0, 0.1) is 17.0 Å². The number of carbonyl (C=O) groups excluding carboxylic acids is 1. The smallest absolute Gasteiger partial charge is 0.269 e. The van der Waals surface area contributed by atoms with Gasteiger partial charge in [0, 0.05) is 36.8 Å². The number of rotatable bonds is 3. The Bertz CT molecular complexity index is 477.